The van der Waals surface area contributed by atoms with Gasteiger partial charge < -0.3 is 4.42 Å². The topological polar surface area (TPSA) is 13.1 Å². The van der Waals surface area contributed by atoms with Crippen LogP contribution in [0.3, 0.4) is 0 Å². The molecule has 1 aromatic heterocycles. The summed E-state index contributed by atoms with van der Waals surface area (Å²) in [4.78, 5) is 0. The molecule has 1 nitrogen and oxygen atoms in total. The average Bonchev–Trinajstić information content (AvgIpc) is 3.72. The Morgan fingerprint density at radius 1 is 0.309 bits per heavy atom. The minimum atomic E-state index is -0.0208. The summed E-state index contributed by atoms with van der Waals surface area (Å²) in [6, 6.07) is 29.0. The summed E-state index contributed by atoms with van der Waals surface area (Å²) in [6.07, 6.45) is 0. The Kier molecular flexibility index (Phi) is 10.7. The van der Waals surface area contributed by atoms with Gasteiger partial charge in [-0.25, -0.2) is 0 Å². The highest BCUT2D eigenvalue weighted by Crippen LogP contribution is 2.52. The molecule has 1 unspecified atom stereocenters. The number of benzene rings is 9. The van der Waals surface area contributed by atoms with E-state index in [9.17, 15) is 0 Å². The molecule has 0 bridgehead atoms. The van der Waals surface area contributed by atoms with Crippen molar-refractivity contribution >= 4 is 54.3 Å². The van der Waals surface area contributed by atoms with Crippen LogP contribution in [0.5, 0.6) is 0 Å². The molecule has 10 aromatic rings. The van der Waals surface area contributed by atoms with Crippen LogP contribution in [-0.2, 0) is 0 Å². The number of aryl methyl sites for hydroxylation is 5. The molecule has 342 valence electrons. The Balaban J connectivity index is 1.30. The van der Waals surface area contributed by atoms with E-state index in [4.69, 9.17) is 4.42 Å². The summed E-state index contributed by atoms with van der Waals surface area (Å²) >= 11 is 0. The molecule has 1 heterocycles. The van der Waals surface area contributed by atoms with Crippen molar-refractivity contribution in [1.82, 2.24) is 0 Å². The van der Waals surface area contributed by atoms with Crippen molar-refractivity contribution < 1.29 is 4.42 Å². The van der Waals surface area contributed by atoms with Crippen molar-refractivity contribution in [2.45, 2.75) is 131 Å². The first-order chi connectivity index (χ1) is 32.3. The second kappa shape index (κ2) is 16.1. The van der Waals surface area contributed by atoms with Gasteiger partial charge in [-0.3, -0.25) is 0 Å². The van der Waals surface area contributed by atoms with Gasteiger partial charge >= 0.3 is 0 Å². The van der Waals surface area contributed by atoms with Gasteiger partial charge in [0.2, 0.25) is 0 Å². The van der Waals surface area contributed by atoms with Gasteiger partial charge in [-0.05, 0) is 303 Å². The zero-order valence-corrected chi connectivity index (χ0v) is 44.0. The van der Waals surface area contributed by atoms with Crippen molar-refractivity contribution in [3.05, 3.63) is 196 Å². The lowest BCUT2D eigenvalue weighted by Crippen LogP contribution is -2.15. The third-order valence-electron chi connectivity index (χ3n) is 18.1. The minimum Gasteiger partial charge on any atom is -0.455 e. The van der Waals surface area contributed by atoms with E-state index in [2.05, 4.69) is 203 Å². The molecule has 0 radical (unpaired) electrons. The van der Waals surface area contributed by atoms with E-state index in [-0.39, 0.29) is 5.92 Å². The SMILES string of the molecule is Cc1c(C)c(C)c(C(c2ccc3c(c2)oc2c4ccccc4c(-c4ccccc4)cc32)c2c(C)c(C)c(-c3c(C)c4c(C)c(C)c(C)c(C)c4c4c(C)c(C)c(C)c(C)c34)c(C)c2C)c(C)c1C. The van der Waals surface area contributed by atoms with Crippen molar-refractivity contribution in [3.8, 4) is 22.3 Å². The van der Waals surface area contributed by atoms with Gasteiger partial charge in [0.05, 0.1) is 0 Å². The van der Waals surface area contributed by atoms with Crippen LogP contribution in [0, 0.1) is 125 Å². The molecule has 9 aromatic carbocycles. The molecule has 0 saturated carbocycles. The number of furan rings is 1. The smallest absolute Gasteiger partial charge is 0.143 e. The maximum absolute atomic E-state index is 7.09. The lowest BCUT2D eigenvalue weighted by Gasteiger charge is -2.32. The highest BCUT2D eigenvalue weighted by molar-refractivity contribution is 6.22. The van der Waals surface area contributed by atoms with Gasteiger partial charge in [-0.1, -0.05) is 66.7 Å². The van der Waals surface area contributed by atoms with E-state index in [0.29, 0.717) is 0 Å². The first-order valence-corrected chi connectivity index (χ1v) is 24.8. The van der Waals surface area contributed by atoms with E-state index in [1.54, 1.807) is 0 Å². The maximum Gasteiger partial charge on any atom is 0.143 e. The predicted molar refractivity (Wildman–Crippen MR) is 296 cm³/mol. The van der Waals surface area contributed by atoms with Crippen LogP contribution in [0.25, 0.3) is 76.5 Å². The first-order valence-electron chi connectivity index (χ1n) is 24.8. The van der Waals surface area contributed by atoms with Crippen molar-refractivity contribution in [2.24, 2.45) is 0 Å². The monoisotopic (exact) mass is 889 g/mol. The van der Waals surface area contributed by atoms with E-state index in [1.165, 1.54) is 166 Å². The second-order valence-corrected chi connectivity index (χ2v) is 20.8. The van der Waals surface area contributed by atoms with Crippen molar-refractivity contribution in [1.29, 1.82) is 0 Å². The molecule has 10 rings (SSSR count). The molecular formula is C67H68O. The fourth-order valence-corrected chi connectivity index (χ4v) is 12.9. The number of rotatable bonds is 5. The Morgan fingerprint density at radius 2 is 0.750 bits per heavy atom. The van der Waals surface area contributed by atoms with Crippen LogP contribution >= 0.6 is 0 Å². The quantitative estimate of drug-likeness (QED) is 0.124. The summed E-state index contributed by atoms with van der Waals surface area (Å²) in [6.45, 7) is 42.5. The standard InChI is InChI=1S/C67H68O/c1-32-33(2)39(8)59(40(9)34(32)3)66(51-28-29-53-56-31-55(50-24-20-19-21-25-50)52-26-22-23-27-54(52)67(56)68-57(53)30-51)60-47(16)45(14)58(46(15)48(60)17)65-49(18)61-41(10)35(4)36(5)42(11)62(61)63-43(12)37(6)38(7)44(13)64(63)65/h19-31,66H,1-18H3. The van der Waals surface area contributed by atoms with Gasteiger partial charge in [0.15, 0.2) is 0 Å². The molecule has 0 saturated heterocycles. The van der Waals surface area contributed by atoms with Gasteiger partial charge in [0, 0.05) is 22.1 Å². The summed E-state index contributed by atoms with van der Waals surface area (Å²) < 4.78 is 7.09. The summed E-state index contributed by atoms with van der Waals surface area (Å²) in [5.74, 6) is -0.0208. The minimum absolute atomic E-state index is 0.0208. The lowest BCUT2D eigenvalue weighted by atomic mass is 9.71. The molecule has 68 heavy (non-hydrogen) atoms. The Hall–Kier alpha value is -6.44. The van der Waals surface area contributed by atoms with E-state index in [1.807, 2.05) is 0 Å². The lowest BCUT2D eigenvalue weighted by molar-refractivity contribution is 0.671. The first kappa shape index (κ1) is 45.3. The Bertz CT molecular complexity index is 3790. The summed E-state index contributed by atoms with van der Waals surface area (Å²) in [5, 5.41) is 10.4. The van der Waals surface area contributed by atoms with Gasteiger partial charge in [-0.2, -0.15) is 0 Å². The van der Waals surface area contributed by atoms with Crippen LogP contribution in [0.4, 0.5) is 0 Å². The molecule has 0 aliphatic heterocycles. The fraction of sp³-hybridized carbons (Fsp3) is 0.284. The molecule has 0 fully saturated rings. The summed E-state index contributed by atoms with van der Waals surface area (Å²) in [7, 11) is 0. The number of fused-ring (bicyclic) bond motifs is 8. The van der Waals surface area contributed by atoms with Crippen LogP contribution < -0.4 is 0 Å². The normalized spacial score (nSPS) is 12.5. The second-order valence-electron chi connectivity index (χ2n) is 20.8. The molecule has 0 amide bonds. The van der Waals surface area contributed by atoms with E-state index in [0.717, 1.165) is 27.3 Å². The largest absolute Gasteiger partial charge is 0.455 e. The number of hydrogen-bond acceptors (Lipinski definition) is 1. The maximum atomic E-state index is 7.09. The van der Waals surface area contributed by atoms with Crippen molar-refractivity contribution in [3.63, 3.8) is 0 Å². The fourth-order valence-electron chi connectivity index (χ4n) is 12.9. The number of hydrogen-bond donors (Lipinski definition) is 0. The highest BCUT2D eigenvalue weighted by Gasteiger charge is 2.32. The van der Waals surface area contributed by atoms with Crippen LogP contribution in [0.2, 0.25) is 0 Å². The Morgan fingerprint density at radius 3 is 1.31 bits per heavy atom. The molecular weight excluding hydrogens is 821 g/mol. The Labute approximate surface area is 405 Å². The molecule has 1 atom stereocenters. The molecule has 0 aliphatic rings. The molecule has 1 heteroatoms. The van der Waals surface area contributed by atoms with E-state index >= 15 is 0 Å². The molecule has 0 N–H and O–H groups in total. The molecule has 0 aliphatic carbocycles. The van der Waals surface area contributed by atoms with Gasteiger partial charge in [0.25, 0.3) is 0 Å². The van der Waals surface area contributed by atoms with E-state index < -0.39 is 0 Å². The zero-order valence-electron chi connectivity index (χ0n) is 44.0. The molecule has 0 spiro atoms. The predicted octanol–water partition coefficient (Wildman–Crippen LogP) is 19.1. The van der Waals surface area contributed by atoms with Crippen LogP contribution in [0.15, 0.2) is 83.3 Å². The van der Waals surface area contributed by atoms with Crippen molar-refractivity contribution in [2.75, 3.05) is 0 Å². The summed E-state index contributed by atoms with van der Waals surface area (Å²) in [5.41, 5.74) is 36.2. The van der Waals surface area contributed by atoms with Crippen LogP contribution in [-0.4, -0.2) is 0 Å². The highest BCUT2D eigenvalue weighted by atomic mass is 16.3. The van der Waals surface area contributed by atoms with Gasteiger partial charge in [0.1, 0.15) is 11.2 Å². The zero-order chi connectivity index (χ0) is 48.7. The average molecular weight is 889 g/mol. The third-order valence-corrected chi connectivity index (χ3v) is 18.1. The van der Waals surface area contributed by atoms with Gasteiger partial charge in [-0.15, -0.1) is 0 Å². The van der Waals surface area contributed by atoms with Crippen LogP contribution in [0.1, 0.15) is 123 Å². The third kappa shape index (κ3) is 6.20.